The monoisotopic (exact) mass is 308 g/mol. The third kappa shape index (κ3) is 4.78. The number of nitrogens with zero attached hydrogens (tertiary/aromatic N) is 2. The molecule has 0 bridgehead atoms. The third-order valence-corrected chi connectivity index (χ3v) is 3.23. The van der Waals surface area contributed by atoms with E-state index in [9.17, 15) is 14.3 Å². The maximum atomic E-state index is 12.9. The molecule has 1 atom stereocenters. The van der Waals surface area contributed by atoms with Crippen molar-refractivity contribution < 1.29 is 9.50 Å². The van der Waals surface area contributed by atoms with Crippen LogP contribution in [-0.2, 0) is 6.54 Å². The highest BCUT2D eigenvalue weighted by atomic mass is 19.1. The van der Waals surface area contributed by atoms with Crippen LogP contribution < -0.4 is 5.69 Å². The van der Waals surface area contributed by atoms with Crippen molar-refractivity contribution >= 4 is 0 Å². The molecule has 22 heavy (non-hydrogen) atoms. The highest BCUT2D eigenvalue weighted by molar-refractivity contribution is 5.18. The first-order valence-electron chi connectivity index (χ1n) is 7.23. The molecule has 0 saturated carbocycles. The number of nitrogens with one attached hydrogen (secondary N) is 2. The summed E-state index contributed by atoms with van der Waals surface area (Å²) in [6.45, 7) is 5.69. The maximum Gasteiger partial charge on any atom is 0.340 e. The van der Waals surface area contributed by atoms with Crippen molar-refractivity contribution in [2.45, 2.75) is 26.5 Å². The molecule has 0 aliphatic heterocycles. The van der Waals surface area contributed by atoms with Gasteiger partial charge in [-0.1, -0.05) is 26.0 Å². The molecular weight excluding hydrogens is 287 g/mol. The van der Waals surface area contributed by atoms with Gasteiger partial charge in [-0.25, -0.2) is 14.3 Å². The highest BCUT2D eigenvalue weighted by Gasteiger charge is 2.16. The number of aliphatic hydroxyl groups excluding tert-OH is 1. The highest BCUT2D eigenvalue weighted by Crippen LogP contribution is 2.16. The van der Waals surface area contributed by atoms with Crippen LogP contribution >= 0.6 is 0 Å². The van der Waals surface area contributed by atoms with E-state index in [4.69, 9.17) is 0 Å². The number of hydrogen-bond donors (Lipinski definition) is 3. The normalized spacial score (nSPS) is 13.0. The molecule has 0 amide bonds. The van der Waals surface area contributed by atoms with Crippen LogP contribution in [0.15, 0.2) is 29.1 Å². The van der Waals surface area contributed by atoms with Crippen molar-refractivity contribution in [1.29, 1.82) is 0 Å². The molecule has 0 aliphatic carbocycles. The predicted octanol–water partition coefficient (Wildman–Crippen LogP) is 1.43. The van der Waals surface area contributed by atoms with Crippen molar-refractivity contribution in [3.8, 4) is 0 Å². The number of aromatic amines is 2. The summed E-state index contributed by atoms with van der Waals surface area (Å²) in [4.78, 5) is 15.7. The summed E-state index contributed by atoms with van der Waals surface area (Å²) in [6.07, 6.45) is -0.731. The molecule has 6 nitrogen and oxygen atoms in total. The fraction of sp³-hybridized carbons (Fsp3) is 0.467. The lowest BCUT2D eigenvalue weighted by atomic mass is 10.1. The van der Waals surface area contributed by atoms with Crippen molar-refractivity contribution in [2.24, 2.45) is 5.92 Å². The van der Waals surface area contributed by atoms with Crippen LogP contribution in [0.3, 0.4) is 0 Å². The Labute approximate surface area is 128 Å². The molecule has 2 rings (SSSR count). The lowest BCUT2D eigenvalue weighted by Gasteiger charge is -2.25. The van der Waals surface area contributed by atoms with E-state index in [0.717, 1.165) is 6.54 Å². The summed E-state index contributed by atoms with van der Waals surface area (Å²) in [7, 11) is 0. The van der Waals surface area contributed by atoms with Gasteiger partial charge in [-0.3, -0.25) is 9.88 Å². The third-order valence-electron chi connectivity index (χ3n) is 3.23. The number of aromatic nitrogens is 3. The van der Waals surface area contributed by atoms with Crippen molar-refractivity contribution in [2.75, 3.05) is 13.1 Å². The fourth-order valence-electron chi connectivity index (χ4n) is 2.35. The van der Waals surface area contributed by atoms with Gasteiger partial charge in [-0.15, -0.1) is 0 Å². The summed E-state index contributed by atoms with van der Waals surface area (Å²) in [5, 5.41) is 16.5. The summed E-state index contributed by atoms with van der Waals surface area (Å²) < 4.78 is 12.9. The average Bonchev–Trinajstić information content (AvgIpc) is 2.84. The molecular formula is C15H21FN4O2. The molecule has 0 saturated heterocycles. The second-order valence-electron chi connectivity index (χ2n) is 5.78. The Morgan fingerprint density at radius 3 is 2.50 bits per heavy atom. The van der Waals surface area contributed by atoms with Gasteiger partial charge in [0.25, 0.3) is 0 Å². The Bertz CT molecular complexity index is 635. The Morgan fingerprint density at radius 2 is 1.95 bits per heavy atom. The minimum absolute atomic E-state index is 0.330. The topological polar surface area (TPSA) is 85.0 Å². The second kappa shape index (κ2) is 7.33. The van der Waals surface area contributed by atoms with Gasteiger partial charge >= 0.3 is 5.69 Å². The van der Waals surface area contributed by atoms with Crippen LogP contribution in [0.1, 0.15) is 31.3 Å². The van der Waals surface area contributed by atoms with Crippen molar-refractivity contribution in [3.63, 3.8) is 0 Å². The number of rotatable bonds is 7. The van der Waals surface area contributed by atoms with Gasteiger partial charge in [0, 0.05) is 13.1 Å². The van der Waals surface area contributed by atoms with E-state index in [0.29, 0.717) is 30.4 Å². The van der Waals surface area contributed by atoms with Crippen LogP contribution in [0.4, 0.5) is 4.39 Å². The van der Waals surface area contributed by atoms with Crippen LogP contribution in [0.5, 0.6) is 0 Å². The lowest BCUT2D eigenvalue weighted by molar-refractivity contribution is 0.100. The maximum absolute atomic E-state index is 12.9. The van der Waals surface area contributed by atoms with Crippen molar-refractivity contribution in [3.05, 3.63) is 52.0 Å². The predicted molar refractivity (Wildman–Crippen MR) is 80.7 cm³/mol. The minimum Gasteiger partial charge on any atom is -0.387 e. The summed E-state index contributed by atoms with van der Waals surface area (Å²) in [5.41, 5.74) is 0.309. The molecule has 1 aromatic carbocycles. The first kappa shape index (κ1) is 16.4. The van der Waals surface area contributed by atoms with Crippen LogP contribution in [-0.4, -0.2) is 38.3 Å². The fourth-order valence-corrected chi connectivity index (χ4v) is 2.35. The van der Waals surface area contributed by atoms with Crippen LogP contribution in [0.25, 0.3) is 0 Å². The van der Waals surface area contributed by atoms with Gasteiger partial charge in [-0.2, -0.15) is 5.10 Å². The quantitative estimate of drug-likeness (QED) is 0.722. The average molecular weight is 308 g/mol. The summed E-state index contributed by atoms with van der Waals surface area (Å²) in [5.74, 6) is 0.590. The molecule has 0 spiro atoms. The van der Waals surface area contributed by atoms with Crippen LogP contribution in [0.2, 0.25) is 0 Å². The molecule has 2 aromatic rings. The Balaban J connectivity index is 2.05. The molecule has 0 radical (unpaired) electrons. The number of benzene rings is 1. The van der Waals surface area contributed by atoms with Crippen LogP contribution in [0, 0.1) is 11.7 Å². The van der Waals surface area contributed by atoms with Gasteiger partial charge in [0.05, 0.1) is 12.6 Å². The van der Waals surface area contributed by atoms with Gasteiger partial charge in [-0.05, 0) is 23.6 Å². The zero-order valence-corrected chi connectivity index (χ0v) is 12.7. The number of aliphatic hydroxyl groups is 1. The Hall–Kier alpha value is -1.99. The first-order chi connectivity index (χ1) is 10.4. The second-order valence-corrected chi connectivity index (χ2v) is 5.78. The smallest absolute Gasteiger partial charge is 0.340 e. The molecule has 3 N–H and O–H groups in total. The largest absolute Gasteiger partial charge is 0.387 e. The zero-order chi connectivity index (χ0) is 16.1. The molecule has 1 aromatic heterocycles. The van der Waals surface area contributed by atoms with Crippen molar-refractivity contribution in [1.82, 2.24) is 20.1 Å². The van der Waals surface area contributed by atoms with E-state index in [2.05, 4.69) is 29.0 Å². The van der Waals surface area contributed by atoms with Gasteiger partial charge < -0.3 is 5.11 Å². The molecule has 1 unspecified atom stereocenters. The first-order valence-corrected chi connectivity index (χ1v) is 7.23. The van der Waals surface area contributed by atoms with E-state index in [1.165, 1.54) is 12.1 Å². The number of halogens is 1. The molecule has 7 heteroatoms. The summed E-state index contributed by atoms with van der Waals surface area (Å²) in [6, 6.07) is 5.81. The van der Waals surface area contributed by atoms with E-state index in [1.54, 1.807) is 12.1 Å². The summed E-state index contributed by atoms with van der Waals surface area (Å²) >= 11 is 0. The van der Waals surface area contributed by atoms with E-state index < -0.39 is 6.10 Å². The standard InChI is InChI=1S/C15H21FN4O2/c1-10(2)7-20(9-14-17-15(22)19-18-14)8-13(21)11-3-5-12(16)6-4-11/h3-6,10,13,21H,7-9H2,1-2H3,(H2,17,18,19,22). The lowest BCUT2D eigenvalue weighted by Crippen LogP contribution is -2.32. The molecule has 1 heterocycles. The van der Waals surface area contributed by atoms with E-state index >= 15 is 0 Å². The Morgan fingerprint density at radius 1 is 1.27 bits per heavy atom. The SMILES string of the molecule is CC(C)CN(Cc1n[nH]c(=O)[nH]1)CC(O)c1ccc(F)cc1. The Kier molecular flexibility index (Phi) is 5.46. The zero-order valence-electron chi connectivity index (χ0n) is 12.7. The van der Waals surface area contributed by atoms with E-state index in [1.807, 2.05) is 4.90 Å². The van der Waals surface area contributed by atoms with Gasteiger partial charge in [0.15, 0.2) is 0 Å². The minimum atomic E-state index is -0.731. The molecule has 0 fully saturated rings. The molecule has 0 aliphatic rings. The van der Waals surface area contributed by atoms with Gasteiger partial charge in [0.2, 0.25) is 0 Å². The van der Waals surface area contributed by atoms with Gasteiger partial charge in [0.1, 0.15) is 11.6 Å². The molecule has 120 valence electrons. The number of hydrogen-bond acceptors (Lipinski definition) is 4. The van der Waals surface area contributed by atoms with E-state index in [-0.39, 0.29) is 11.5 Å². The number of H-pyrrole nitrogens is 2.